The van der Waals surface area contributed by atoms with Crippen LogP contribution in [0.3, 0.4) is 0 Å². The number of aromatic hydroxyl groups is 1. The quantitative estimate of drug-likeness (QED) is 0.0109. The molecular weight excluding hydrogens is 1440 g/mol. The van der Waals surface area contributed by atoms with Crippen molar-refractivity contribution in [3.8, 4) is 5.75 Å². The van der Waals surface area contributed by atoms with Crippen LogP contribution < -0.4 is 81.4 Å². The molecule has 4 rings (SSSR count). The number of imidazole rings is 1. The van der Waals surface area contributed by atoms with Gasteiger partial charge in [0.2, 0.25) is 70.9 Å². The van der Waals surface area contributed by atoms with E-state index in [9.17, 15) is 92.7 Å². The van der Waals surface area contributed by atoms with Gasteiger partial charge in [0.25, 0.3) is 0 Å². The molecule has 25 N–H and O–H groups in total. The maximum Gasteiger partial charge on any atom is 0.326 e. The molecule has 1 aliphatic rings. The zero-order chi connectivity index (χ0) is 81.2. The molecule has 0 radical (unpaired) electrons. The van der Waals surface area contributed by atoms with E-state index >= 15 is 0 Å². The number of phenols is 1. The summed E-state index contributed by atoms with van der Waals surface area (Å²) in [7, 11) is 0. The molecule has 1 saturated heterocycles. The third kappa shape index (κ3) is 29.9. The Bertz CT molecular complexity index is 3570. The highest BCUT2D eigenvalue weighted by molar-refractivity contribution is 7.80. The fourth-order valence-electron chi connectivity index (χ4n) is 11.4. The smallest absolute Gasteiger partial charge is 0.326 e. The molecule has 0 spiro atoms. The highest BCUT2D eigenvalue weighted by Crippen LogP contribution is 2.22. The third-order valence-corrected chi connectivity index (χ3v) is 18.4. The standard InChI is InChI=1S/C70H107N19O19S/c1-7-38(6)56(67(105)85-50(33-91)61(99)81-46(29-41-31-75-35-77-41)60(98)87-55(37(4)5)66(104)79-44(69(107)108)18-13-25-76-70(73)74)88-64(102)52-19-14-26-89(52)68(106)48(28-39-15-9-8-10-16-39)83-62(100)49(32-90)84-57(95)43(17-11-12-24-71)78-59(97)47(30-53(93)94)82-58(96)45(27-40-20-22-42(92)23-21-40)80-63(101)51(34-109)86-65(103)54(72)36(2)3/h8-10,15-16,20-23,31,35-38,43-52,54-56,90-92,109H,7,11-14,17-19,24-30,32-34,71-72H2,1-6H3,(H,75,77)(H,78,97)(H,79,104)(H,80,101)(H,81,99)(H,82,96)(H,83,100)(H,84,95)(H,85,105)(H,86,103)(H,87,98)(H,88,102)(H,93,94)(H,107,108)(H4,73,74,76)/t38?,43?,44?,45?,46?,47?,48?,49?,50?,51?,52?,54?,55?,56-/m1/s1. The summed E-state index contributed by atoms with van der Waals surface area (Å²) in [5, 5.41) is 78.6. The first-order valence-corrected chi connectivity index (χ1v) is 36.5. The number of carbonyl (C=O) groups is 14. The number of aliphatic hydroxyl groups excluding tert-OH is 2. The highest BCUT2D eigenvalue weighted by Gasteiger charge is 2.42. The van der Waals surface area contributed by atoms with Crippen molar-refractivity contribution in [2.75, 3.05) is 38.6 Å². The van der Waals surface area contributed by atoms with E-state index in [0.717, 1.165) is 0 Å². The van der Waals surface area contributed by atoms with Gasteiger partial charge in [-0.25, -0.2) is 9.78 Å². The molecule has 0 aliphatic carbocycles. The van der Waals surface area contributed by atoms with Crippen molar-refractivity contribution in [1.29, 1.82) is 0 Å². The Labute approximate surface area is 635 Å². The SMILES string of the molecule is CCC(C)[C@@H](NC(=O)C1CCCN1C(=O)C(Cc1ccccc1)NC(=O)C(CO)NC(=O)C(CCCCN)NC(=O)C(CC(=O)O)NC(=O)C(Cc1ccc(O)cc1)NC(=O)C(CS)NC(=O)C(N)C(C)C)C(=O)NC(CO)C(=O)NC(Cc1cnc[nH]1)C(=O)NC(C(=O)NC(CCCN=C(N)N)C(=O)O)C(C)C. The molecule has 2 heterocycles. The average Bonchev–Trinajstić information content (AvgIpc) is 1.73. The fourth-order valence-corrected chi connectivity index (χ4v) is 11.7. The molecule has 39 heteroatoms. The van der Waals surface area contributed by atoms with Crippen molar-refractivity contribution >= 4 is 101 Å². The number of hydrogen-bond donors (Lipinski definition) is 22. The monoisotopic (exact) mass is 1550 g/mol. The molecular formula is C70H107N19O19S. The van der Waals surface area contributed by atoms with Crippen molar-refractivity contribution < 1.29 is 92.7 Å². The first kappa shape index (κ1) is 90.9. The number of carboxylic acids is 2. The summed E-state index contributed by atoms with van der Waals surface area (Å²) in [5.74, 6) is -16.8. The number of benzene rings is 2. The van der Waals surface area contributed by atoms with Gasteiger partial charge in [-0.15, -0.1) is 0 Å². The number of aliphatic hydroxyl groups is 2. The lowest BCUT2D eigenvalue weighted by Crippen LogP contribution is -2.62. The van der Waals surface area contributed by atoms with Crippen LogP contribution in [-0.4, -0.2) is 246 Å². The predicted molar refractivity (Wildman–Crippen MR) is 398 cm³/mol. The van der Waals surface area contributed by atoms with E-state index in [2.05, 4.69) is 86.1 Å². The van der Waals surface area contributed by atoms with E-state index in [1.807, 2.05) is 0 Å². The Hall–Kier alpha value is -10.5. The number of unbranched alkanes of at least 4 members (excludes halogenated alkanes) is 1. The topological polar surface area (TPSA) is 621 Å². The van der Waals surface area contributed by atoms with Gasteiger partial charge < -0.3 is 117 Å². The number of aromatic amines is 1. The Balaban J connectivity index is 1.55. The number of nitrogens with one attached hydrogen (secondary N) is 12. The van der Waals surface area contributed by atoms with E-state index in [1.54, 1.807) is 71.9 Å². The second kappa shape index (κ2) is 46.0. The maximum absolute atomic E-state index is 15.0. The second-order valence-corrected chi connectivity index (χ2v) is 27.5. The first-order valence-electron chi connectivity index (χ1n) is 35.9. The number of aromatic nitrogens is 2. The number of likely N-dealkylation sites (tertiary alicyclic amines) is 1. The summed E-state index contributed by atoms with van der Waals surface area (Å²) < 4.78 is 0. The molecule has 0 bridgehead atoms. The van der Waals surface area contributed by atoms with Gasteiger partial charge in [-0.2, -0.15) is 12.6 Å². The number of rotatable bonds is 47. The third-order valence-electron chi connectivity index (χ3n) is 18.0. The number of aliphatic carboxylic acids is 2. The normalized spacial score (nSPS) is 16.2. The van der Waals surface area contributed by atoms with Crippen LogP contribution in [0.2, 0.25) is 0 Å². The number of carboxylic acid groups (broad SMARTS) is 2. The summed E-state index contributed by atoms with van der Waals surface area (Å²) in [5.41, 5.74) is 23.7. The Morgan fingerprint density at radius 3 is 1.62 bits per heavy atom. The molecule has 14 atom stereocenters. The van der Waals surface area contributed by atoms with Gasteiger partial charge in [0, 0.05) is 50.0 Å². The average molecular weight is 1550 g/mol. The first-order chi connectivity index (χ1) is 51.7. The number of hydrogen-bond acceptors (Lipinski definition) is 22. The van der Waals surface area contributed by atoms with E-state index in [1.165, 1.54) is 41.7 Å². The summed E-state index contributed by atoms with van der Waals surface area (Å²) in [4.78, 5) is 206. The van der Waals surface area contributed by atoms with Crippen LogP contribution >= 0.6 is 12.6 Å². The van der Waals surface area contributed by atoms with Crippen molar-refractivity contribution in [3.05, 3.63) is 83.9 Å². The van der Waals surface area contributed by atoms with Crippen LogP contribution in [0.1, 0.15) is 116 Å². The van der Waals surface area contributed by atoms with E-state index in [-0.39, 0.29) is 107 Å². The zero-order valence-corrected chi connectivity index (χ0v) is 62.8. The molecule has 1 aliphatic heterocycles. The van der Waals surface area contributed by atoms with Gasteiger partial charge in [0.05, 0.1) is 32.0 Å². The largest absolute Gasteiger partial charge is 0.508 e. The Kier molecular flexibility index (Phi) is 38.3. The van der Waals surface area contributed by atoms with E-state index < -0.39 is 193 Å². The molecule has 38 nitrogen and oxygen atoms in total. The van der Waals surface area contributed by atoms with E-state index in [4.69, 9.17) is 22.9 Å². The Morgan fingerprint density at radius 1 is 0.578 bits per heavy atom. The van der Waals surface area contributed by atoms with Crippen LogP contribution in [0.5, 0.6) is 5.75 Å². The minimum Gasteiger partial charge on any atom is -0.508 e. The van der Waals surface area contributed by atoms with Crippen LogP contribution in [-0.2, 0) is 86.4 Å². The van der Waals surface area contributed by atoms with Gasteiger partial charge in [-0.1, -0.05) is 90.4 Å². The molecule has 13 unspecified atom stereocenters. The number of H-pyrrole nitrogens is 1. The number of guanidine groups is 1. The van der Waals surface area contributed by atoms with Crippen molar-refractivity contribution in [2.24, 2.45) is 45.7 Å². The lowest BCUT2D eigenvalue weighted by Gasteiger charge is -2.32. The number of phenolic OH excluding ortho intramolecular Hbond substituents is 1. The summed E-state index contributed by atoms with van der Waals surface area (Å²) in [6.07, 6.45) is 1.70. The van der Waals surface area contributed by atoms with Crippen molar-refractivity contribution in [3.63, 3.8) is 0 Å². The molecule has 0 saturated carbocycles. The van der Waals surface area contributed by atoms with Gasteiger partial charge in [0.1, 0.15) is 78.3 Å². The minimum atomic E-state index is -1.95. The Morgan fingerprint density at radius 2 is 1.07 bits per heavy atom. The predicted octanol–water partition coefficient (Wildman–Crippen LogP) is -5.19. The summed E-state index contributed by atoms with van der Waals surface area (Å²) in [6.45, 7) is 7.86. The van der Waals surface area contributed by atoms with Crippen LogP contribution in [0, 0.1) is 17.8 Å². The molecule has 2 aromatic carbocycles. The lowest BCUT2D eigenvalue weighted by atomic mass is 9.97. The summed E-state index contributed by atoms with van der Waals surface area (Å²) >= 11 is 4.20. The molecule has 1 fully saturated rings. The number of nitrogens with two attached hydrogens (primary N) is 4. The van der Waals surface area contributed by atoms with Crippen LogP contribution in [0.25, 0.3) is 0 Å². The lowest BCUT2D eigenvalue weighted by molar-refractivity contribution is -0.143. The van der Waals surface area contributed by atoms with Crippen molar-refractivity contribution in [2.45, 2.75) is 197 Å². The highest BCUT2D eigenvalue weighted by atomic mass is 32.1. The molecule has 12 amide bonds. The van der Waals surface area contributed by atoms with Gasteiger partial charge in [-0.05, 0) is 92.5 Å². The number of nitrogens with zero attached hydrogens (tertiary/aromatic N) is 3. The van der Waals surface area contributed by atoms with Gasteiger partial charge in [0.15, 0.2) is 5.96 Å². The number of thiol groups is 1. The zero-order valence-electron chi connectivity index (χ0n) is 61.9. The number of aliphatic imine (C=N–C) groups is 1. The van der Waals surface area contributed by atoms with Gasteiger partial charge in [-0.3, -0.25) is 67.3 Å². The molecule has 109 heavy (non-hydrogen) atoms. The molecule has 602 valence electrons. The second-order valence-electron chi connectivity index (χ2n) is 27.2. The van der Waals surface area contributed by atoms with E-state index in [0.29, 0.717) is 23.2 Å². The van der Waals surface area contributed by atoms with Gasteiger partial charge >= 0.3 is 11.9 Å². The number of carbonyl (C=O) groups excluding carboxylic acids is 12. The minimum absolute atomic E-state index is 0.0444. The fraction of sp³-hybridized carbons (Fsp3) is 0.571. The summed E-state index contributed by atoms with van der Waals surface area (Å²) in [6, 6.07) is -5.87. The maximum atomic E-state index is 15.0. The van der Waals surface area contributed by atoms with Crippen LogP contribution in [0.15, 0.2) is 72.1 Å². The number of amides is 12. The van der Waals surface area contributed by atoms with Crippen LogP contribution in [0.4, 0.5) is 0 Å². The molecule has 3 aromatic rings. The molecule has 1 aromatic heterocycles. The van der Waals surface area contributed by atoms with Crippen molar-refractivity contribution in [1.82, 2.24) is 73.4 Å².